The molecule has 0 saturated heterocycles. The van der Waals surface area contributed by atoms with Gasteiger partial charge in [-0.05, 0) is 24.6 Å². The van der Waals surface area contributed by atoms with Crippen molar-refractivity contribution >= 4 is 5.69 Å². The van der Waals surface area contributed by atoms with Gasteiger partial charge in [-0.1, -0.05) is 18.2 Å². The van der Waals surface area contributed by atoms with E-state index in [1.54, 1.807) is 4.68 Å². The van der Waals surface area contributed by atoms with Crippen LogP contribution in [0.4, 0.5) is 5.69 Å². The highest BCUT2D eigenvalue weighted by Crippen LogP contribution is 2.38. The van der Waals surface area contributed by atoms with Crippen molar-refractivity contribution in [3.05, 3.63) is 47.8 Å². The van der Waals surface area contributed by atoms with E-state index in [0.29, 0.717) is 12.5 Å². The summed E-state index contributed by atoms with van der Waals surface area (Å²) in [6, 6.07) is 8.59. The van der Waals surface area contributed by atoms with Gasteiger partial charge in [-0.25, -0.2) is 0 Å². The van der Waals surface area contributed by atoms with E-state index in [0.717, 1.165) is 26.1 Å². The summed E-state index contributed by atoms with van der Waals surface area (Å²) in [6.07, 6.45) is 4.92. The first kappa shape index (κ1) is 14.1. The Bertz CT molecular complexity index is 595. The van der Waals surface area contributed by atoms with Crippen LogP contribution in [0.1, 0.15) is 23.5 Å². The Morgan fingerprint density at radius 3 is 3.00 bits per heavy atom. The third-order valence-corrected chi connectivity index (χ3v) is 4.06. The van der Waals surface area contributed by atoms with E-state index in [2.05, 4.69) is 34.3 Å². The molecule has 0 aliphatic carbocycles. The highest BCUT2D eigenvalue weighted by Gasteiger charge is 2.27. The Hall–Kier alpha value is -1.85. The number of anilines is 1. The molecule has 1 atom stereocenters. The molecule has 2 aromatic rings. The van der Waals surface area contributed by atoms with Gasteiger partial charge in [-0.3, -0.25) is 4.68 Å². The number of fused-ring (bicyclic) bond motifs is 1. The molecule has 112 valence electrons. The normalized spacial score (nSPS) is 17.2. The van der Waals surface area contributed by atoms with Crippen molar-refractivity contribution in [3.8, 4) is 0 Å². The predicted octanol–water partition coefficient (Wildman–Crippen LogP) is 1.33. The lowest BCUT2D eigenvalue weighted by Crippen LogP contribution is -2.22. The molecule has 0 spiro atoms. The van der Waals surface area contributed by atoms with Crippen LogP contribution in [-0.2, 0) is 13.1 Å². The third-order valence-electron chi connectivity index (χ3n) is 4.06. The number of nitrogens with zero attached hydrogens (tertiary/aromatic N) is 3. The average Bonchev–Trinajstić information content (AvgIpc) is 3.07. The largest absolute Gasteiger partial charge is 0.394 e. The second-order valence-corrected chi connectivity index (χ2v) is 5.55. The molecule has 3 rings (SSSR count). The molecule has 1 aliphatic rings. The van der Waals surface area contributed by atoms with Crippen molar-refractivity contribution in [2.24, 2.45) is 5.73 Å². The zero-order valence-electron chi connectivity index (χ0n) is 12.2. The average molecular weight is 286 g/mol. The molecule has 0 saturated carbocycles. The molecule has 5 heteroatoms. The van der Waals surface area contributed by atoms with Crippen LogP contribution in [0.25, 0.3) is 0 Å². The SMILES string of the molecule is NCCC1CN(Cc2cnn(CCO)c2)c2ccccc21. The molecule has 2 heterocycles. The standard InChI is InChI=1S/C16H22N4O/c17-6-5-14-12-19(16-4-2-1-3-15(14)16)10-13-9-18-20(11-13)7-8-21/h1-4,9,11,14,21H,5-8,10,12,17H2. The van der Waals surface area contributed by atoms with Crippen molar-refractivity contribution in [1.29, 1.82) is 0 Å². The summed E-state index contributed by atoms with van der Waals surface area (Å²) < 4.78 is 1.79. The lowest BCUT2D eigenvalue weighted by molar-refractivity contribution is 0.269. The van der Waals surface area contributed by atoms with Gasteiger partial charge in [0.05, 0.1) is 19.3 Å². The second kappa shape index (κ2) is 6.28. The van der Waals surface area contributed by atoms with Crippen LogP contribution >= 0.6 is 0 Å². The maximum Gasteiger partial charge on any atom is 0.0640 e. The van der Waals surface area contributed by atoms with Crippen LogP contribution in [0.2, 0.25) is 0 Å². The zero-order valence-corrected chi connectivity index (χ0v) is 12.2. The number of aliphatic hydroxyl groups is 1. The molecule has 1 unspecified atom stereocenters. The van der Waals surface area contributed by atoms with Crippen molar-refractivity contribution in [1.82, 2.24) is 9.78 Å². The van der Waals surface area contributed by atoms with E-state index in [1.807, 2.05) is 12.4 Å². The number of para-hydroxylation sites is 1. The van der Waals surface area contributed by atoms with Gasteiger partial charge < -0.3 is 15.7 Å². The Labute approximate surface area is 125 Å². The summed E-state index contributed by atoms with van der Waals surface area (Å²) >= 11 is 0. The van der Waals surface area contributed by atoms with Gasteiger partial charge in [-0.15, -0.1) is 0 Å². The fourth-order valence-electron chi connectivity index (χ4n) is 3.11. The number of aliphatic hydroxyl groups excluding tert-OH is 1. The summed E-state index contributed by atoms with van der Waals surface area (Å²) in [7, 11) is 0. The van der Waals surface area contributed by atoms with Crippen molar-refractivity contribution < 1.29 is 5.11 Å². The van der Waals surface area contributed by atoms with Crippen LogP contribution in [-0.4, -0.2) is 34.6 Å². The minimum absolute atomic E-state index is 0.117. The van der Waals surface area contributed by atoms with Crippen LogP contribution in [0.5, 0.6) is 0 Å². The quantitative estimate of drug-likeness (QED) is 0.840. The topological polar surface area (TPSA) is 67.3 Å². The number of hydrogen-bond donors (Lipinski definition) is 2. The molecule has 3 N–H and O–H groups in total. The summed E-state index contributed by atoms with van der Waals surface area (Å²) in [5.74, 6) is 0.527. The second-order valence-electron chi connectivity index (χ2n) is 5.55. The van der Waals surface area contributed by atoms with Gasteiger partial charge in [0.2, 0.25) is 0 Å². The predicted molar refractivity (Wildman–Crippen MR) is 83.2 cm³/mol. The number of nitrogens with two attached hydrogens (primary N) is 1. The van der Waals surface area contributed by atoms with E-state index in [9.17, 15) is 0 Å². The van der Waals surface area contributed by atoms with Crippen molar-refractivity contribution in [2.45, 2.75) is 25.4 Å². The van der Waals surface area contributed by atoms with Crippen LogP contribution in [0.15, 0.2) is 36.7 Å². The smallest absolute Gasteiger partial charge is 0.0640 e. The van der Waals surface area contributed by atoms with E-state index in [-0.39, 0.29) is 6.61 Å². The Morgan fingerprint density at radius 2 is 2.19 bits per heavy atom. The van der Waals surface area contributed by atoms with E-state index in [4.69, 9.17) is 10.8 Å². The minimum Gasteiger partial charge on any atom is -0.394 e. The molecule has 5 nitrogen and oxygen atoms in total. The fourth-order valence-corrected chi connectivity index (χ4v) is 3.11. The van der Waals surface area contributed by atoms with Gasteiger partial charge in [0, 0.05) is 36.5 Å². The molecule has 0 radical (unpaired) electrons. The van der Waals surface area contributed by atoms with Crippen molar-refractivity contribution in [3.63, 3.8) is 0 Å². The highest BCUT2D eigenvalue weighted by atomic mass is 16.3. The summed E-state index contributed by atoms with van der Waals surface area (Å²) in [5, 5.41) is 13.2. The van der Waals surface area contributed by atoms with Crippen LogP contribution < -0.4 is 10.6 Å². The lowest BCUT2D eigenvalue weighted by atomic mass is 9.98. The maximum atomic E-state index is 8.95. The van der Waals surface area contributed by atoms with Gasteiger partial charge in [0.15, 0.2) is 0 Å². The first-order valence-corrected chi connectivity index (χ1v) is 7.48. The summed E-state index contributed by atoms with van der Waals surface area (Å²) in [6.45, 7) is 3.26. The van der Waals surface area contributed by atoms with Gasteiger partial charge in [-0.2, -0.15) is 5.10 Å². The van der Waals surface area contributed by atoms with E-state index in [1.165, 1.54) is 16.8 Å². The number of benzene rings is 1. The molecular formula is C16H22N4O. The fraction of sp³-hybridized carbons (Fsp3) is 0.438. The minimum atomic E-state index is 0.117. The molecule has 0 bridgehead atoms. The number of aromatic nitrogens is 2. The van der Waals surface area contributed by atoms with Crippen molar-refractivity contribution in [2.75, 3.05) is 24.6 Å². The number of hydrogen-bond acceptors (Lipinski definition) is 4. The summed E-state index contributed by atoms with van der Waals surface area (Å²) in [5.41, 5.74) is 9.64. The molecule has 21 heavy (non-hydrogen) atoms. The monoisotopic (exact) mass is 286 g/mol. The Morgan fingerprint density at radius 1 is 1.33 bits per heavy atom. The molecule has 1 aliphatic heterocycles. The third kappa shape index (κ3) is 2.94. The number of rotatable bonds is 6. The first-order valence-electron chi connectivity index (χ1n) is 7.48. The Kier molecular flexibility index (Phi) is 4.22. The summed E-state index contributed by atoms with van der Waals surface area (Å²) in [4.78, 5) is 2.40. The van der Waals surface area contributed by atoms with Gasteiger partial charge in [0.25, 0.3) is 0 Å². The zero-order chi connectivity index (χ0) is 14.7. The van der Waals surface area contributed by atoms with E-state index >= 15 is 0 Å². The molecule has 0 amide bonds. The maximum absolute atomic E-state index is 8.95. The highest BCUT2D eigenvalue weighted by molar-refractivity contribution is 5.60. The molecule has 1 aromatic carbocycles. The molecular weight excluding hydrogens is 264 g/mol. The van der Waals surface area contributed by atoms with Crippen LogP contribution in [0, 0.1) is 0 Å². The van der Waals surface area contributed by atoms with E-state index < -0.39 is 0 Å². The first-order chi connectivity index (χ1) is 10.3. The molecule has 0 fully saturated rings. The van der Waals surface area contributed by atoms with Gasteiger partial charge >= 0.3 is 0 Å². The molecule has 1 aromatic heterocycles. The van der Waals surface area contributed by atoms with Crippen LogP contribution in [0.3, 0.4) is 0 Å². The van der Waals surface area contributed by atoms with Gasteiger partial charge in [0.1, 0.15) is 0 Å². The Balaban J connectivity index is 1.76. The lowest BCUT2D eigenvalue weighted by Gasteiger charge is -2.19.